The van der Waals surface area contributed by atoms with Crippen molar-refractivity contribution in [3.05, 3.63) is 35.1 Å². The molecule has 0 bridgehead atoms. The average molecular weight is 329 g/mol. The number of aromatic nitrogens is 4. The Morgan fingerprint density at radius 3 is 2.59 bits per heavy atom. The van der Waals surface area contributed by atoms with Crippen molar-refractivity contribution in [1.82, 2.24) is 19.7 Å². The van der Waals surface area contributed by atoms with Crippen LogP contribution in [0.4, 0.5) is 5.13 Å². The monoisotopic (exact) mass is 329 g/mol. The molecule has 0 aliphatic heterocycles. The van der Waals surface area contributed by atoms with Gasteiger partial charge in [-0.3, -0.25) is 14.8 Å². The molecule has 3 aromatic heterocycles. The number of nitrogens with zero attached hydrogens (tertiary/aromatic N) is 4. The van der Waals surface area contributed by atoms with E-state index in [9.17, 15) is 4.79 Å². The molecule has 4 rings (SSSR count). The van der Waals surface area contributed by atoms with Crippen LogP contribution in [0.15, 0.2) is 24.4 Å². The first kappa shape index (κ1) is 13.4. The summed E-state index contributed by atoms with van der Waals surface area (Å²) < 4.78 is 3.77. The highest BCUT2D eigenvalue weighted by atomic mass is 32.1. The van der Waals surface area contributed by atoms with Gasteiger partial charge < -0.3 is 0 Å². The molecule has 0 spiro atoms. The van der Waals surface area contributed by atoms with E-state index in [1.807, 2.05) is 19.1 Å². The summed E-state index contributed by atoms with van der Waals surface area (Å²) in [5.74, 6) is -0.253. The molecule has 22 heavy (non-hydrogen) atoms. The highest BCUT2D eigenvalue weighted by molar-refractivity contribution is 7.28. The molecule has 0 aliphatic rings. The first-order valence-corrected chi connectivity index (χ1v) is 8.21. The molecule has 0 fully saturated rings. The van der Waals surface area contributed by atoms with Crippen LogP contribution in [0, 0.1) is 6.92 Å². The van der Waals surface area contributed by atoms with Crippen molar-refractivity contribution in [3.8, 4) is 0 Å². The van der Waals surface area contributed by atoms with Crippen LogP contribution in [0.25, 0.3) is 20.4 Å². The maximum Gasteiger partial charge on any atom is 0.277 e. The first-order chi connectivity index (χ1) is 10.6. The van der Waals surface area contributed by atoms with E-state index in [4.69, 9.17) is 0 Å². The smallest absolute Gasteiger partial charge is 0.277 e. The standard InChI is InChI=1S/C14H11N5OS2/c1-7-15-8-3-4-9-12(11(8)21-7)22-14(16-9)17-13(20)10-5-6-19(2)18-10/h3-6H,1-2H3,(H,16,17,20). The Morgan fingerprint density at radius 2 is 1.86 bits per heavy atom. The number of aryl methyl sites for hydroxylation is 2. The Bertz CT molecular complexity index is 1010. The minimum atomic E-state index is -0.253. The summed E-state index contributed by atoms with van der Waals surface area (Å²) in [6.45, 7) is 1.99. The molecule has 110 valence electrons. The lowest BCUT2D eigenvalue weighted by Gasteiger charge is -1.96. The van der Waals surface area contributed by atoms with E-state index in [1.54, 1.807) is 35.3 Å². The van der Waals surface area contributed by atoms with Crippen molar-refractivity contribution in [3.63, 3.8) is 0 Å². The van der Waals surface area contributed by atoms with Crippen LogP contribution < -0.4 is 5.32 Å². The quantitative estimate of drug-likeness (QED) is 0.613. The molecule has 0 radical (unpaired) electrons. The number of hydrogen-bond acceptors (Lipinski definition) is 6. The number of nitrogens with one attached hydrogen (secondary N) is 1. The summed E-state index contributed by atoms with van der Waals surface area (Å²) >= 11 is 3.11. The molecule has 3 heterocycles. The summed E-state index contributed by atoms with van der Waals surface area (Å²) in [5.41, 5.74) is 2.22. The zero-order valence-electron chi connectivity index (χ0n) is 11.8. The topological polar surface area (TPSA) is 72.7 Å². The van der Waals surface area contributed by atoms with Crippen LogP contribution in [-0.4, -0.2) is 25.7 Å². The van der Waals surface area contributed by atoms with Crippen molar-refractivity contribution in [2.75, 3.05) is 5.32 Å². The van der Waals surface area contributed by atoms with Crippen molar-refractivity contribution in [2.45, 2.75) is 6.92 Å². The number of fused-ring (bicyclic) bond motifs is 3. The summed E-state index contributed by atoms with van der Waals surface area (Å²) in [4.78, 5) is 21.1. The number of rotatable bonds is 2. The second-order valence-electron chi connectivity index (χ2n) is 4.84. The van der Waals surface area contributed by atoms with Crippen LogP contribution in [0.5, 0.6) is 0 Å². The summed E-state index contributed by atoms with van der Waals surface area (Å²) in [7, 11) is 1.78. The number of benzene rings is 1. The zero-order valence-corrected chi connectivity index (χ0v) is 13.5. The lowest BCUT2D eigenvalue weighted by Crippen LogP contribution is -2.12. The Balaban J connectivity index is 1.73. The molecule has 1 aromatic carbocycles. The van der Waals surface area contributed by atoms with Gasteiger partial charge in [-0.15, -0.1) is 11.3 Å². The van der Waals surface area contributed by atoms with E-state index >= 15 is 0 Å². The number of carbonyl (C=O) groups excluding carboxylic acids is 1. The fourth-order valence-corrected chi connectivity index (χ4v) is 4.24. The summed E-state index contributed by atoms with van der Waals surface area (Å²) in [6.07, 6.45) is 1.73. The molecule has 0 saturated carbocycles. The third-order valence-corrected chi connectivity index (χ3v) is 5.32. The number of hydrogen-bond donors (Lipinski definition) is 1. The van der Waals surface area contributed by atoms with Crippen molar-refractivity contribution in [1.29, 1.82) is 0 Å². The fourth-order valence-electron chi connectivity index (χ4n) is 2.24. The lowest BCUT2D eigenvalue weighted by atomic mass is 10.3. The minimum absolute atomic E-state index is 0.253. The molecule has 0 aliphatic carbocycles. The molecular weight excluding hydrogens is 318 g/mol. The molecular formula is C14H11N5OS2. The Kier molecular flexibility index (Phi) is 2.95. The fraction of sp³-hybridized carbons (Fsp3) is 0.143. The Morgan fingerprint density at radius 1 is 1.14 bits per heavy atom. The maximum atomic E-state index is 12.1. The van der Waals surface area contributed by atoms with Crippen molar-refractivity contribution >= 4 is 54.1 Å². The second kappa shape index (κ2) is 4.85. The number of anilines is 1. The number of carbonyl (C=O) groups is 1. The first-order valence-electron chi connectivity index (χ1n) is 6.58. The van der Waals surface area contributed by atoms with Gasteiger partial charge in [0, 0.05) is 13.2 Å². The van der Waals surface area contributed by atoms with E-state index in [0.717, 1.165) is 25.4 Å². The van der Waals surface area contributed by atoms with Gasteiger partial charge in [0.25, 0.3) is 5.91 Å². The van der Waals surface area contributed by atoms with Crippen LogP contribution >= 0.6 is 22.7 Å². The molecule has 4 aromatic rings. The number of amides is 1. The molecule has 0 saturated heterocycles. The van der Waals surface area contributed by atoms with Crippen LogP contribution in [0.3, 0.4) is 0 Å². The van der Waals surface area contributed by atoms with Crippen molar-refractivity contribution in [2.24, 2.45) is 7.05 Å². The van der Waals surface area contributed by atoms with Gasteiger partial charge in [-0.25, -0.2) is 9.97 Å². The zero-order chi connectivity index (χ0) is 15.3. The molecule has 8 heteroatoms. The van der Waals surface area contributed by atoms with Gasteiger partial charge in [0.15, 0.2) is 10.8 Å². The molecule has 0 unspecified atom stereocenters. The number of thiazole rings is 2. The lowest BCUT2D eigenvalue weighted by molar-refractivity contribution is 0.102. The van der Waals surface area contributed by atoms with Gasteiger partial charge in [-0.05, 0) is 25.1 Å². The van der Waals surface area contributed by atoms with Crippen LogP contribution in [0.2, 0.25) is 0 Å². The largest absolute Gasteiger partial charge is 0.296 e. The van der Waals surface area contributed by atoms with E-state index in [1.165, 1.54) is 11.3 Å². The van der Waals surface area contributed by atoms with Crippen LogP contribution in [0.1, 0.15) is 15.5 Å². The molecule has 1 amide bonds. The average Bonchev–Trinajstić information content (AvgIpc) is 3.15. The van der Waals surface area contributed by atoms with Gasteiger partial charge in [0.05, 0.1) is 25.4 Å². The van der Waals surface area contributed by atoms with E-state index in [2.05, 4.69) is 20.4 Å². The normalized spacial score (nSPS) is 11.4. The van der Waals surface area contributed by atoms with Gasteiger partial charge >= 0.3 is 0 Å². The molecule has 1 N–H and O–H groups in total. The van der Waals surface area contributed by atoms with Gasteiger partial charge in [-0.1, -0.05) is 11.3 Å². The Hall–Kier alpha value is -2.32. The van der Waals surface area contributed by atoms with Gasteiger partial charge in [0.1, 0.15) is 0 Å². The highest BCUT2D eigenvalue weighted by Gasteiger charge is 2.14. The maximum absolute atomic E-state index is 12.1. The summed E-state index contributed by atoms with van der Waals surface area (Å²) in [6, 6.07) is 5.57. The van der Waals surface area contributed by atoms with Crippen molar-refractivity contribution < 1.29 is 4.79 Å². The molecule has 6 nitrogen and oxygen atoms in total. The van der Waals surface area contributed by atoms with Gasteiger partial charge in [-0.2, -0.15) is 5.10 Å². The van der Waals surface area contributed by atoms with E-state index in [0.29, 0.717) is 10.8 Å². The van der Waals surface area contributed by atoms with E-state index in [-0.39, 0.29) is 5.91 Å². The SMILES string of the molecule is Cc1nc2ccc3nc(NC(=O)c4ccn(C)n4)sc3c2s1. The summed E-state index contributed by atoms with van der Waals surface area (Å²) in [5, 5.41) is 8.49. The third kappa shape index (κ3) is 2.16. The predicted molar refractivity (Wildman–Crippen MR) is 88.7 cm³/mol. The predicted octanol–water partition coefficient (Wildman–Crippen LogP) is 3.20. The van der Waals surface area contributed by atoms with E-state index < -0.39 is 0 Å². The molecule has 0 atom stereocenters. The second-order valence-corrected chi connectivity index (χ2v) is 7.05. The van der Waals surface area contributed by atoms with Crippen LogP contribution in [-0.2, 0) is 7.05 Å². The highest BCUT2D eigenvalue weighted by Crippen LogP contribution is 2.35. The third-order valence-electron chi connectivity index (χ3n) is 3.19. The van der Waals surface area contributed by atoms with Gasteiger partial charge in [0.2, 0.25) is 0 Å². The minimum Gasteiger partial charge on any atom is -0.296 e. The Labute approximate surface area is 133 Å².